The minimum Gasteiger partial charge on any atom is -0.495 e. The van der Waals surface area contributed by atoms with Crippen LogP contribution in [0.3, 0.4) is 0 Å². The molecule has 0 radical (unpaired) electrons. The van der Waals surface area contributed by atoms with Crippen molar-refractivity contribution in [1.29, 1.82) is 0 Å². The summed E-state index contributed by atoms with van der Waals surface area (Å²) in [6.45, 7) is 0. The van der Waals surface area contributed by atoms with E-state index in [1.807, 2.05) is 0 Å². The van der Waals surface area contributed by atoms with E-state index in [9.17, 15) is 22.8 Å². The Balaban J connectivity index is 3.31. The second-order valence-corrected chi connectivity index (χ2v) is 6.15. The van der Waals surface area contributed by atoms with Gasteiger partial charge in [0.15, 0.2) is 0 Å². The molecule has 0 heterocycles. The molecule has 1 rings (SSSR count). The lowest BCUT2D eigenvalue weighted by Gasteiger charge is -2.15. The lowest BCUT2D eigenvalue weighted by atomic mass is 10.2. The number of rotatable bonds is 8. The van der Waals surface area contributed by atoms with Gasteiger partial charge < -0.3 is 19.7 Å². The molecule has 1 aromatic carbocycles. The van der Waals surface area contributed by atoms with E-state index >= 15 is 0 Å². The number of aliphatic carboxylic acids is 2. The van der Waals surface area contributed by atoms with E-state index in [0.29, 0.717) is 0 Å². The van der Waals surface area contributed by atoms with E-state index in [2.05, 4.69) is 4.74 Å². The van der Waals surface area contributed by atoms with Gasteiger partial charge in [-0.2, -0.15) is 4.72 Å². The van der Waals surface area contributed by atoms with Gasteiger partial charge in [-0.15, -0.1) is 0 Å². The van der Waals surface area contributed by atoms with Gasteiger partial charge in [0.1, 0.15) is 16.7 Å². The summed E-state index contributed by atoms with van der Waals surface area (Å²) in [6, 6.07) is 1.50. The molecule has 0 unspecified atom stereocenters. The molecule has 10 nitrogen and oxygen atoms in total. The number of nitrogens with one attached hydrogen (secondary N) is 1. The van der Waals surface area contributed by atoms with Crippen LogP contribution in [0.5, 0.6) is 5.75 Å². The maximum atomic E-state index is 12.4. The zero-order chi connectivity index (χ0) is 18.5. The van der Waals surface area contributed by atoms with Crippen LogP contribution in [0.15, 0.2) is 23.1 Å². The van der Waals surface area contributed by atoms with Crippen LogP contribution >= 0.6 is 0 Å². The van der Waals surface area contributed by atoms with Crippen molar-refractivity contribution >= 4 is 27.9 Å². The van der Waals surface area contributed by atoms with Crippen molar-refractivity contribution < 1.29 is 42.5 Å². The molecule has 0 aliphatic heterocycles. The van der Waals surface area contributed by atoms with Crippen molar-refractivity contribution in [2.45, 2.75) is 17.4 Å². The average molecular weight is 361 g/mol. The third-order valence-corrected chi connectivity index (χ3v) is 4.34. The van der Waals surface area contributed by atoms with Crippen molar-refractivity contribution in [1.82, 2.24) is 4.72 Å². The average Bonchev–Trinajstić information content (AvgIpc) is 2.52. The lowest BCUT2D eigenvalue weighted by Crippen LogP contribution is -2.42. The standard InChI is InChI=1S/C13H15NO9S/c1-22-9-4-3-7(13(19)23-2)5-10(9)24(20,21)14-8(12(17)18)6-11(15)16/h3-5,8,14H,6H2,1-2H3,(H,15,16)(H,17,18)/t8-/m0/s1. The highest BCUT2D eigenvalue weighted by Gasteiger charge is 2.30. The molecule has 132 valence electrons. The first-order valence-corrected chi connectivity index (χ1v) is 7.84. The summed E-state index contributed by atoms with van der Waals surface area (Å²) >= 11 is 0. The number of sulfonamides is 1. The fraction of sp³-hybridized carbons (Fsp3) is 0.308. The summed E-state index contributed by atoms with van der Waals surface area (Å²) in [5.74, 6) is -4.13. The van der Waals surface area contributed by atoms with Crippen LogP contribution in [-0.2, 0) is 24.3 Å². The third-order valence-electron chi connectivity index (χ3n) is 2.85. The number of hydrogen-bond donors (Lipinski definition) is 3. The van der Waals surface area contributed by atoms with Crippen LogP contribution in [0.1, 0.15) is 16.8 Å². The highest BCUT2D eigenvalue weighted by Crippen LogP contribution is 2.25. The SMILES string of the molecule is COC(=O)c1ccc(OC)c(S(=O)(=O)N[C@@H](CC(=O)O)C(=O)O)c1. The second kappa shape index (κ2) is 7.75. The monoisotopic (exact) mass is 361 g/mol. The number of esters is 1. The van der Waals surface area contributed by atoms with Crippen molar-refractivity contribution in [2.24, 2.45) is 0 Å². The highest BCUT2D eigenvalue weighted by molar-refractivity contribution is 7.89. The van der Waals surface area contributed by atoms with Gasteiger partial charge in [-0.25, -0.2) is 13.2 Å². The largest absolute Gasteiger partial charge is 0.495 e. The molecule has 3 N–H and O–H groups in total. The molecule has 0 bridgehead atoms. The van der Waals surface area contributed by atoms with E-state index in [0.717, 1.165) is 13.2 Å². The normalized spacial score (nSPS) is 12.2. The summed E-state index contributed by atoms with van der Waals surface area (Å²) in [7, 11) is -2.20. The first-order chi connectivity index (χ1) is 11.1. The summed E-state index contributed by atoms with van der Waals surface area (Å²) in [5.41, 5.74) is -0.108. The number of carbonyl (C=O) groups excluding carboxylic acids is 1. The third kappa shape index (κ3) is 4.67. The first kappa shape index (κ1) is 19.4. The molecular weight excluding hydrogens is 346 g/mol. The predicted octanol–water partition coefficient (Wildman–Crippen LogP) is -0.312. The van der Waals surface area contributed by atoms with Crippen molar-refractivity contribution in [2.75, 3.05) is 14.2 Å². The van der Waals surface area contributed by atoms with Crippen molar-refractivity contribution in [3.8, 4) is 5.75 Å². The van der Waals surface area contributed by atoms with E-state index in [1.165, 1.54) is 19.2 Å². The number of benzene rings is 1. The molecule has 24 heavy (non-hydrogen) atoms. The number of carboxylic acids is 2. The van der Waals surface area contributed by atoms with Crippen LogP contribution in [0, 0.1) is 0 Å². The Morgan fingerprint density at radius 3 is 2.29 bits per heavy atom. The molecule has 0 amide bonds. The quantitative estimate of drug-likeness (QED) is 0.528. The Bertz CT molecular complexity index is 757. The van der Waals surface area contributed by atoms with Gasteiger partial charge in [0.2, 0.25) is 10.0 Å². The fourth-order valence-corrected chi connectivity index (χ4v) is 3.12. The zero-order valence-corrected chi connectivity index (χ0v) is 13.5. The Labute approximate surface area is 137 Å². The van der Waals surface area contributed by atoms with Gasteiger partial charge in [-0.05, 0) is 18.2 Å². The Morgan fingerprint density at radius 2 is 1.83 bits per heavy atom. The number of carbonyl (C=O) groups is 3. The van der Waals surface area contributed by atoms with E-state index in [4.69, 9.17) is 14.9 Å². The smallest absolute Gasteiger partial charge is 0.337 e. The van der Waals surface area contributed by atoms with E-state index < -0.39 is 45.3 Å². The van der Waals surface area contributed by atoms with Gasteiger partial charge in [0.25, 0.3) is 0 Å². The number of methoxy groups -OCH3 is 2. The molecule has 1 atom stereocenters. The maximum Gasteiger partial charge on any atom is 0.337 e. The fourth-order valence-electron chi connectivity index (χ4n) is 1.74. The summed E-state index contributed by atoms with van der Waals surface area (Å²) in [6.07, 6.45) is -0.965. The van der Waals surface area contributed by atoms with Gasteiger partial charge >= 0.3 is 17.9 Å². The van der Waals surface area contributed by atoms with Crippen LogP contribution in [0.25, 0.3) is 0 Å². The topological polar surface area (TPSA) is 156 Å². The molecule has 0 aliphatic carbocycles. The molecule has 11 heteroatoms. The Morgan fingerprint density at radius 1 is 1.21 bits per heavy atom. The maximum absolute atomic E-state index is 12.4. The first-order valence-electron chi connectivity index (χ1n) is 6.35. The summed E-state index contributed by atoms with van der Waals surface area (Å²) in [5, 5.41) is 17.6. The van der Waals surface area contributed by atoms with Crippen molar-refractivity contribution in [3.63, 3.8) is 0 Å². The molecule has 0 saturated carbocycles. The van der Waals surface area contributed by atoms with Crippen LogP contribution in [0.4, 0.5) is 0 Å². The highest BCUT2D eigenvalue weighted by atomic mass is 32.2. The number of hydrogen-bond acceptors (Lipinski definition) is 7. The summed E-state index contributed by atoms with van der Waals surface area (Å²) < 4.78 is 35.9. The van der Waals surface area contributed by atoms with Gasteiger partial charge in [0, 0.05) is 0 Å². The number of carboxylic acid groups (broad SMARTS) is 2. The van der Waals surface area contributed by atoms with E-state index in [1.54, 1.807) is 4.72 Å². The second-order valence-electron chi connectivity index (χ2n) is 4.47. The van der Waals surface area contributed by atoms with Crippen LogP contribution < -0.4 is 9.46 Å². The van der Waals surface area contributed by atoms with Crippen LogP contribution in [0.2, 0.25) is 0 Å². The van der Waals surface area contributed by atoms with Gasteiger partial charge in [0.05, 0.1) is 26.2 Å². The van der Waals surface area contributed by atoms with Gasteiger partial charge in [-0.1, -0.05) is 0 Å². The Kier molecular flexibility index (Phi) is 6.26. The molecule has 0 fully saturated rings. The molecule has 0 saturated heterocycles. The molecule has 0 aromatic heterocycles. The van der Waals surface area contributed by atoms with E-state index in [-0.39, 0.29) is 11.3 Å². The molecule has 1 aromatic rings. The zero-order valence-electron chi connectivity index (χ0n) is 12.7. The van der Waals surface area contributed by atoms with Gasteiger partial charge in [-0.3, -0.25) is 9.59 Å². The minimum absolute atomic E-state index is 0.108. The summed E-state index contributed by atoms with van der Waals surface area (Å²) in [4.78, 5) is 32.7. The Hall–Kier alpha value is -2.66. The number of ether oxygens (including phenoxy) is 2. The lowest BCUT2D eigenvalue weighted by molar-refractivity contribution is -0.145. The molecule has 0 spiro atoms. The van der Waals surface area contributed by atoms with Crippen LogP contribution in [-0.4, -0.2) is 56.8 Å². The van der Waals surface area contributed by atoms with Crippen molar-refractivity contribution in [3.05, 3.63) is 23.8 Å². The minimum atomic E-state index is -4.48. The molecule has 0 aliphatic rings. The predicted molar refractivity (Wildman–Crippen MR) is 78.3 cm³/mol. The molecular formula is C13H15NO9S.